The molecule has 26 heavy (non-hydrogen) atoms. The minimum atomic E-state index is -0.509. The number of methoxy groups -OCH3 is 1. The van der Waals surface area contributed by atoms with E-state index in [9.17, 15) is 14.9 Å². The molecule has 3 rings (SSSR count). The molecule has 134 valence electrons. The average molecular weight is 394 g/mol. The predicted octanol–water partition coefficient (Wildman–Crippen LogP) is 3.88. The van der Waals surface area contributed by atoms with Gasteiger partial charge in [-0.15, -0.1) is 0 Å². The molecule has 2 aromatic carbocycles. The number of thiazole rings is 1. The molecule has 10 heteroatoms. The van der Waals surface area contributed by atoms with Gasteiger partial charge >= 0.3 is 0 Å². The Hall–Kier alpha value is -2.91. The minimum Gasteiger partial charge on any atom is -0.495 e. The fraction of sp³-hybridized carbons (Fsp3) is 0.125. The van der Waals surface area contributed by atoms with E-state index in [2.05, 4.69) is 10.3 Å². The molecule has 0 aliphatic heterocycles. The van der Waals surface area contributed by atoms with Gasteiger partial charge in [0.1, 0.15) is 11.5 Å². The van der Waals surface area contributed by atoms with E-state index in [1.807, 2.05) is 0 Å². The first-order valence-corrected chi connectivity index (χ1v) is 8.47. The number of nitrogens with zero attached hydrogens (tertiary/aromatic N) is 2. The molecule has 0 atom stereocenters. The number of anilines is 1. The molecule has 0 unspecified atom stereocenters. The van der Waals surface area contributed by atoms with E-state index in [1.165, 1.54) is 42.7 Å². The summed E-state index contributed by atoms with van der Waals surface area (Å²) >= 11 is 7.34. The number of carbonyl (C=O) groups is 1. The van der Waals surface area contributed by atoms with Crippen molar-refractivity contribution in [3.05, 3.63) is 51.5 Å². The van der Waals surface area contributed by atoms with Crippen LogP contribution in [0.1, 0.15) is 0 Å². The van der Waals surface area contributed by atoms with Crippen molar-refractivity contribution in [2.24, 2.45) is 0 Å². The van der Waals surface area contributed by atoms with Gasteiger partial charge in [-0.1, -0.05) is 22.9 Å². The molecule has 8 nitrogen and oxygen atoms in total. The van der Waals surface area contributed by atoms with Crippen LogP contribution in [0, 0.1) is 10.1 Å². The normalized spacial score (nSPS) is 10.5. The van der Waals surface area contributed by atoms with Crippen LogP contribution in [-0.4, -0.2) is 29.5 Å². The lowest BCUT2D eigenvalue weighted by Gasteiger charge is -2.05. The van der Waals surface area contributed by atoms with E-state index in [0.717, 1.165) is 4.70 Å². The molecule has 1 N–H and O–H groups in total. The van der Waals surface area contributed by atoms with Crippen molar-refractivity contribution >= 4 is 49.9 Å². The van der Waals surface area contributed by atoms with E-state index in [0.29, 0.717) is 27.2 Å². The molecule has 1 aromatic heterocycles. The first-order valence-electron chi connectivity index (χ1n) is 7.27. The number of nitro benzene ring substituents is 1. The molecule has 0 saturated carbocycles. The number of non-ortho nitro benzene ring substituents is 1. The van der Waals surface area contributed by atoms with Gasteiger partial charge in [-0.25, -0.2) is 4.98 Å². The summed E-state index contributed by atoms with van der Waals surface area (Å²) in [7, 11) is 1.52. The first-order chi connectivity index (χ1) is 12.5. The third kappa shape index (κ3) is 4.01. The van der Waals surface area contributed by atoms with Gasteiger partial charge in [-0.2, -0.15) is 0 Å². The van der Waals surface area contributed by atoms with Crippen LogP contribution in [0.3, 0.4) is 0 Å². The number of hydrogen-bond acceptors (Lipinski definition) is 7. The van der Waals surface area contributed by atoms with Gasteiger partial charge in [-0.05, 0) is 18.2 Å². The lowest BCUT2D eigenvalue weighted by Crippen LogP contribution is -2.19. The zero-order valence-electron chi connectivity index (χ0n) is 13.4. The maximum Gasteiger partial charge on any atom is 0.269 e. The Labute approximate surface area is 156 Å². The van der Waals surface area contributed by atoms with Crippen LogP contribution in [0.25, 0.3) is 10.2 Å². The largest absolute Gasteiger partial charge is 0.495 e. The zero-order valence-corrected chi connectivity index (χ0v) is 15.0. The van der Waals surface area contributed by atoms with Crippen molar-refractivity contribution in [1.82, 2.24) is 4.98 Å². The van der Waals surface area contributed by atoms with Gasteiger partial charge in [0, 0.05) is 18.2 Å². The van der Waals surface area contributed by atoms with E-state index < -0.39 is 10.8 Å². The van der Waals surface area contributed by atoms with E-state index in [-0.39, 0.29) is 12.3 Å². The Morgan fingerprint density at radius 3 is 2.73 bits per heavy atom. The Bertz CT molecular complexity index is 974. The van der Waals surface area contributed by atoms with Crippen molar-refractivity contribution < 1.29 is 19.2 Å². The second-order valence-electron chi connectivity index (χ2n) is 5.06. The summed E-state index contributed by atoms with van der Waals surface area (Å²) in [5, 5.41) is 14.1. The molecular weight excluding hydrogens is 382 g/mol. The van der Waals surface area contributed by atoms with Crippen LogP contribution in [-0.2, 0) is 4.79 Å². The van der Waals surface area contributed by atoms with E-state index in [4.69, 9.17) is 21.1 Å². The van der Waals surface area contributed by atoms with Gasteiger partial charge in [0.2, 0.25) is 0 Å². The SMILES string of the molecule is COc1cc2sc(NC(=O)COc3ccc([N+](=O)[O-])cc3)nc2cc1Cl. The van der Waals surface area contributed by atoms with Crippen LogP contribution in [0.15, 0.2) is 36.4 Å². The van der Waals surface area contributed by atoms with Crippen LogP contribution in [0.2, 0.25) is 5.02 Å². The lowest BCUT2D eigenvalue weighted by atomic mass is 10.3. The van der Waals surface area contributed by atoms with Crippen LogP contribution >= 0.6 is 22.9 Å². The summed E-state index contributed by atoms with van der Waals surface area (Å²) in [6.07, 6.45) is 0. The second kappa shape index (κ2) is 7.54. The highest BCUT2D eigenvalue weighted by atomic mass is 35.5. The van der Waals surface area contributed by atoms with Gasteiger partial charge in [0.05, 0.1) is 27.3 Å². The monoisotopic (exact) mass is 393 g/mol. The van der Waals surface area contributed by atoms with Gasteiger partial charge < -0.3 is 9.47 Å². The number of amides is 1. The third-order valence-corrected chi connectivity index (χ3v) is 4.55. The van der Waals surface area contributed by atoms with Crippen LogP contribution < -0.4 is 14.8 Å². The Balaban J connectivity index is 1.62. The molecule has 0 spiro atoms. The molecule has 3 aromatic rings. The molecule has 0 fully saturated rings. The van der Waals surface area contributed by atoms with E-state index in [1.54, 1.807) is 12.1 Å². The molecule has 1 heterocycles. The summed E-state index contributed by atoms with van der Waals surface area (Å²) in [4.78, 5) is 26.4. The minimum absolute atomic E-state index is 0.0506. The zero-order chi connectivity index (χ0) is 18.7. The maximum absolute atomic E-state index is 12.0. The number of benzene rings is 2. The standard InChI is InChI=1S/C16H12ClN3O5S/c1-24-13-7-14-12(6-11(13)17)18-16(26-14)19-15(21)8-25-10-4-2-9(3-5-10)20(22)23/h2-7H,8H2,1H3,(H,18,19,21). The molecule has 0 bridgehead atoms. The predicted molar refractivity (Wildman–Crippen MR) is 98.4 cm³/mol. The highest BCUT2D eigenvalue weighted by molar-refractivity contribution is 7.22. The topological polar surface area (TPSA) is 104 Å². The Kier molecular flexibility index (Phi) is 5.19. The number of aromatic nitrogens is 1. The second-order valence-corrected chi connectivity index (χ2v) is 6.50. The smallest absolute Gasteiger partial charge is 0.269 e. The van der Waals surface area contributed by atoms with Crippen LogP contribution in [0.4, 0.5) is 10.8 Å². The number of ether oxygens (including phenoxy) is 2. The van der Waals surface area contributed by atoms with Gasteiger partial charge in [0.25, 0.3) is 11.6 Å². The summed E-state index contributed by atoms with van der Waals surface area (Å²) in [5.74, 6) is 0.481. The van der Waals surface area contributed by atoms with Crippen molar-refractivity contribution in [2.75, 3.05) is 19.0 Å². The molecular formula is C16H12ClN3O5S. The molecule has 1 amide bonds. The quantitative estimate of drug-likeness (QED) is 0.503. The first kappa shape index (κ1) is 17.9. The molecule has 0 saturated heterocycles. The summed E-state index contributed by atoms with van der Waals surface area (Å²) < 4.78 is 11.3. The molecule has 0 aliphatic carbocycles. The van der Waals surface area contributed by atoms with Gasteiger partial charge in [-0.3, -0.25) is 20.2 Å². The van der Waals surface area contributed by atoms with Gasteiger partial charge in [0.15, 0.2) is 11.7 Å². The fourth-order valence-electron chi connectivity index (χ4n) is 2.11. The summed E-state index contributed by atoms with van der Waals surface area (Å²) in [5.41, 5.74) is 0.595. The van der Waals surface area contributed by atoms with E-state index >= 15 is 0 Å². The number of nitro groups is 1. The van der Waals surface area contributed by atoms with Crippen molar-refractivity contribution in [3.63, 3.8) is 0 Å². The summed E-state index contributed by atoms with van der Waals surface area (Å²) in [6.45, 7) is -0.252. The number of rotatable bonds is 6. The van der Waals surface area contributed by atoms with Crippen molar-refractivity contribution in [2.45, 2.75) is 0 Å². The lowest BCUT2D eigenvalue weighted by molar-refractivity contribution is -0.384. The van der Waals surface area contributed by atoms with Crippen LogP contribution in [0.5, 0.6) is 11.5 Å². The fourth-order valence-corrected chi connectivity index (χ4v) is 3.24. The number of carbonyl (C=O) groups excluding carboxylic acids is 1. The molecule has 0 aliphatic rings. The van der Waals surface area contributed by atoms with Crippen molar-refractivity contribution in [3.8, 4) is 11.5 Å². The summed E-state index contributed by atoms with van der Waals surface area (Å²) in [6, 6.07) is 8.87. The van der Waals surface area contributed by atoms with Crippen molar-refractivity contribution in [1.29, 1.82) is 0 Å². The average Bonchev–Trinajstić information content (AvgIpc) is 3.00. The number of halogens is 1. The maximum atomic E-state index is 12.0. The highest BCUT2D eigenvalue weighted by Gasteiger charge is 2.12. The third-order valence-electron chi connectivity index (χ3n) is 3.33. The Morgan fingerprint density at radius 2 is 2.08 bits per heavy atom. The number of hydrogen-bond donors (Lipinski definition) is 1. The molecule has 0 radical (unpaired) electrons. The number of nitrogens with one attached hydrogen (secondary N) is 1. The number of fused-ring (bicyclic) bond motifs is 1. The Morgan fingerprint density at radius 1 is 1.35 bits per heavy atom. The highest BCUT2D eigenvalue weighted by Crippen LogP contribution is 2.34.